The van der Waals surface area contributed by atoms with E-state index in [9.17, 15) is 0 Å². The first-order chi connectivity index (χ1) is 39.5. The molecule has 18 rings (SSSR count). The fraction of sp³-hybridized carbons (Fsp3) is 0.108. The van der Waals surface area contributed by atoms with E-state index in [2.05, 4.69) is 289 Å². The van der Waals surface area contributed by atoms with E-state index in [1.54, 1.807) is 0 Å². The maximum Gasteiger partial charge on any atom is 0.252 e. The lowest BCUT2D eigenvalue weighted by molar-refractivity contribution is 0.590. The van der Waals surface area contributed by atoms with Gasteiger partial charge in [0.15, 0.2) is 0 Å². The Morgan fingerprint density at radius 1 is 0.272 bits per heavy atom. The van der Waals surface area contributed by atoms with Gasteiger partial charge in [-0.3, -0.25) is 0 Å². The third kappa shape index (κ3) is 5.92. The summed E-state index contributed by atoms with van der Waals surface area (Å²) in [5, 5.41) is 7.68. The lowest BCUT2D eigenvalue weighted by Gasteiger charge is -2.41. The average molecular weight is 1040 g/mol. The summed E-state index contributed by atoms with van der Waals surface area (Å²) in [6.45, 7) is 14.1. The van der Waals surface area contributed by atoms with E-state index < -0.39 is 0 Å². The highest BCUT2D eigenvalue weighted by Gasteiger charge is 2.46. The van der Waals surface area contributed by atoms with E-state index in [-0.39, 0.29) is 24.3 Å². The Morgan fingerprint density at radius 2 is 0.642 bits per heavy atom. The highest BCUT2D eigenvalue weighted by Crippen LogP contribution is 2.49. The normalized spacial score (nSPS) is 14.0. The molecule has 0 fully saturated rings. The monoisotopic (exact) mass is 1040 g/mol. The van der Waals surface area contributed by atoms with Gasteiger partial charge in [0, 0.05) is 94.5 Å². The average Bonchev–Trinajstić information content (AvgIpc) is 3.64. The number of para-hydroxylation sites is 7. The molecule has 0 radical (unpaired) electrons. The molecule has 7 heterocycles. The van der Waals surface area contributed by atoms with Gasteiger partial charge >= 0.3 is 0 Å². The van der Waals surface area contributed by atoms with Crippen LogP contribution in [-0.4, -0.2) is 27.1 Å². The largest absolute Gasteiger partial charge is 0.311 e. The second-order valence-corrected chi connectivity index (χ2v) is 25.3. The summed E-state index contributed by atoms with van der Waals surface area (Å²) in [6, 6.07) is 86.0. The predicted molar refractivity (Wildman–Crippen MR) is 346 cm³/mol. The number of hydrogen-bond donors (Lipinski definition) is 0. The zero-order valence-electron chi connectivity index (χ0n) is 46.3. The van der Waals surface area contributed by atoms with Crippen molar-refractivity contribution in [3.05, 3.63) is 236 Å². The van der Waals surface area contributed by atoms with Crippen molar-refractivity contribution in [3.8, 4) is 17.1 Å². The van der Waals surface area contributed by atoms with Crippen LogP contribution in [-0.2, 0) is 10.8 Å². The van der Waals surface area contributed by atoms with E-state index in [1.807, 2.05) is 0 Å². The van der Waals surface area contributed by atoms with Gasteiger partial charge in [-0.1, -0.05) is 181 Å². The summed E-state index contributed by atoms with van der Waals surface area (Å²) in [5.74, 6) is 0. The van der Waals surface area contributed by atoms with Crippen molar-refractivity contribution in [1.82, 2.24) is 13.7 Å². The number of anilines is 6. The number of hydrogen-bond acceptors (Lipinski definition) is 2. The number of aromatic nitrogens is 3. The molecule has 0 N–H and O–H groups in total. The van der Waals surface area contributed by atoms with Gasteiger partial charge in [0.05, 0.1) is 22.1 Å². The van der Waals surface area contributed by atoms with Crippen molar-refractivity contribution in [2.75, 3.05) is 9.80 Å². The fourth-order valence-electron chi connectivity index (χ4n) is 15.3. The van der Waals surface area contributed by atoms with Crippen molar-refractivity contribution >= 4 is 146 Å². The van der Waals surface area contributed by atoms with Gasteiger partial charge in [-0.05, 0) is 140 Å². The molecule has 3 aromatic heterocycles. The van der Waals surface area contributed by atoms with Gasteiger partial charge in [0.2, 0.25) is 0 Å². The zero-order chi connectivity index (χ0) is 53.9. The van der Waals surface area contributed by atoms with Gasteiger partial charge < -0.3 is 23.5 Å². The third-order valence-electron chi connectivity index (χ3n) is 18.8. The molecule has 0 bridgehead atoms. The number of nitrogens with zero attached hydrogens (tertiary/aromatic N) is 5. The van der Waals surface area contributed by atoms with E-state index in [1.165, 1.54) is 143 Å². The van der Waals surface area contributed by atoms with E-state index in [4.69, 9.17) is 0 Å². The first-order valence-corrected chi connectivity index (χ1v) is 28.8. The predicted octanol–water partition coefficient (Wildman–Crippen LogP) is 14.8. The Bertz CT molecular complexity index is 4790. The van der Waals surface area contributed by atoms with Crippen LogP contribution in [0.2, 0.25) is 0 Å². The smallest absolute Gasteiger partial charge is 0.252 e. The van der Waals surface area contributed by atoms with Crippen molar-refractivity contribution in [3.63, 3.8) is 0 Å². The maximum atomic E-state index is 2.62. The lowest BCUT2D eigenvalue weighted by atomic mass is 9.33. The molecule has 0 atom stereocenters. The second kappa shape index (κ2) is 15.7. The Balaban J connectivity index is 1.00. The van der Waals surface area contributed by atoms with Crippen LogP contribution in [0.25, 0.3) is 82.5 Å². The summed E-state index contributed by atoms with van der Waals surface area (Å²) >= 11 is 0. The highest BCUT2D eigenvalue weighted by molar-refractivity contribution is 7.01. The van der Waals surface area contributed by atoms with Gasteiger partial charge in [-0.15, -0.1) is 0 Å². The Kier molecular flexibility index (Phi) is 8.79. The molecule has 382 valence electrons. The third-order valence-corrected chi connectivity index (χ3v) is 18.8. The van der Waals surface area contributed by atoms with E-state index >= 15 is 0 Å². The molecule has 4 aliphatic heterocycles. The van der Waals surface area contributed by atoms with Crippen LogP contribution in [0.5, 0.6) is 0 Å². The van der Waals surface area contributed by atoms with E-state index in [0.29, 0.717) is 0 Å². The van der Waals surface area contributed by atoms with Gasteiger partial charge in [0.1, 0.15) is 0 Å². The Labute approximate surface area is 471 Å². The number of benzene rings is 11. The van der Waals surface area contributed by atoms with Crippen LogP contribution in [0.3, 0.4) is 0 Å². The SMILES string of the molecule is CC(C)(C)c1cc2c3c(c1)-n1c4ccccc4c4cccc(c41)B3c1cc3c4cc5c(cc4n(-c4ccccc4)c3cc1N2c1ccccc1)N(c1ccccc1)c1cc(C(C)(C)C)cc2c1B5c1cccc3c4ccccc4n-2c13. The molecule has 7 heteroatoms. The van der Waals surface area contributed by atoms with Crippen molar-refractivity contribution < 1.29 is 0 Å². The van der Waals surface area contributed by atoms with Crippen LogP contribution in [0.4, 0.5) is 34.1 Å². The maximum absolute atomic E-state index is 2.62. The standard InChI is InChI=1S/C74H55B2N5/c1-73(2,3)44-36-65-69-67(38-44)80-59-34-18-16-28-49(59)51-30-20-32-55(71(51)80)75(69)57-40-53-54-41-58-64(43-62(54)77(46-22-10-7-11-23-46)61(53)42-63(57)78(65)47-24-12-8-13-25-47)79(48-26-14-9-15-27-48)66-37-45(74(4,5)6)39-68-70(66)76(58)56-33-21-31-52-50-29-17-19-35-60(50)81(68)72(52)56/h7-43H,1-6H3. The summed E-state index contributed by atoms with van der Waals surface area (Å²) in [5.41, 5.74) is 28.8. The van der Waals surface area contributed by atoms with Crippen LogP contribution in [0, 0.1) is 0 Å². The molecular formula is C74H55B2N5. The number of rotatable bonds is 3. The first-order valence-electron chi connectivity index (χ1n) is 28.8. The quantitative estimate of drug-likeness (QED) is 0.164. The molecule has 0 unspecified atom stereocenters. The van der Waals surface area contributed by atoms with Crippen LogP contribution in [0.15, 0.2) is 224 Å². The van der Waals surface area contributed by atoms with E-state index in [0.717, 1.165) is 17.1 Å². The van der Waals surface area contributed by atoms with Gasteiger partial charge in [-0.2, -0.15) is 0 Å². The Morgan fingerprint density at radius 3 is 1.06 bits per heavy atom. The molecule has 0 spiro atoms. The minimum atomic E-state index is -0.117. The second-order valence-electron chi connectivity index (χ2n) is 25.3. The topological polar surface area (TPSA) is 21.3 Å². The number of fused-ring (bicyclic) bond motifs is 17. The fourth-order valence-corrected chi connectivity index (χ4v) is 15.3. The summed E-state index contributed by atoms with van der Waals surface area (Å²) in [4.78, 5) is 5.19. The molecule has 0 amide bonds. The highest BCUT2D eigenvalue weighted by atomic mass is 15.2. The summed E-state index contributed by atoms with van der Waals surface area (Å²) in [7, 11) is 0. The summed E-state index contributed by atoms with van der Waals surface area (Å²) < 4.78 is 7.77. The minimum absolute atomic E-state index is 0.0328. The molecule has 0 saturated heterocycles. The molecular weight excluding hydrogens is 980 g/mol. The Hall–Kier alpha value is -9.45. The molecule has 14 aromatic rings. The van der Waals surface area contributed by atoms with Crippen LogP contribution in [0.1, 0.15) is 52.7 Å². The molecule has 4 aliphatic rings. The summed E-state index contributed by atoms with van der Waals surface area (Å²) in [6.07, 6.45) is 0. The molecule has 11 aromatic carbocycles. The van der Waals surface area contributed by atoms with Crippen molar-refractivity contribution in [2.24, 2.45) is 0 Å². The van der Waals surface area contributed by atoms with Gasteiger partial charge in [0.25, 0.3) is 13.4 Å². The molecule has 5 nitrogen and oxygen atoms in total. The minimum Gasteiger partial charge on any atom is -0.311 e. The first kappa shape index (κ1) is 45.4. The van der Waals surface area contributed by atoms with Gasteiger partial charge in [-0.25, -0.2) is 0 Å². The zero-order valence-corrected chi connectivity index (χ0v) is 46.3. The molecule has 0 aliphatic carbocycles. The van der Waals surface area contributed by atoms with Crippen molar-refractivity contribution in [1.29, 1.82) is 0 Å². The molecule has 0 saturated carbocycles. The van der Waals surface area contributed by atoms with Crippen LogP contribution < -0.4 is 42.6 Å². The molecule has 81 heavy (non-hydrogen) atoms. The van der Waals surface area contributed by atoms with Crippen LogP contribution >= 0.6 is 0 Å². The lowest BCUT2D eigenvalue weighted by Crippen LogP contribution is -2.60. The van der Waals surface area contributed by atoms with Crippen molar-refractivity contribution in [2.45, 2.75) is 52.4 Å².